The van der Waals surface area contributed by atoms with Crippen molar-refractivity contribution in [1.82, 2.24) is 0 Å². The summed E-state index contributed by atoms with van der Waals surface area (Å²) in [7, 11) is -2.94. The first-order chi connectivity index (χ1) is 8.42. The Hall–Kier alpha value is -0.350. The van der Waals surface area contributed by atoms with Crippen LogP contribution in [0.1, 0.15) is 40.8 Å². The van der Waals surface area contributed by atoms with Crippen LogP contribution in [-0.4, -0.2) is 19.4 Å². The van der Waals surface area contributed by atoms with E-state index in [9.17, 15) is 8.42 Å². The van der Waals surface area contributed by atoms with Crippen molar-refractivity contribution in [3.8, 4) is 0 Å². The minimum Gasteiger partial charge on any atom is -0.228 e. The number of alkyl halides is 1. The molecule has 0 amide bonds. The average Bonchev–Trinajstić information content (AvgIpc) is 2.31. The Labute approximate surface area is 118 Å². The Morgan fingerprint density at radius 1 is 1.22 bits per heavy atom. The molecular weight excluding hydrogens is 312 g/mol. The van der Waals surface area contributed by atoms with E-state index in [0.717, 1.165) is 24.8 Å². The molecule has 0 N–H and O–H groups in total. The Bertz CT molecular complexity index is 537. The van der Waals surface area contributed by atoms with E-state index >= 15 is 0 Å². The van der Waals surface area contributed by atoms with Crippen molar-refractivity contribution < 1.29 is 8.42 Å². The second kappa shape index (κ2) is 5.33. The Morgan fingerprint density at radius 3 is 2.56 bits per heavy atom. The zero-order valence-electron chi connectivity index (χ0n) is 10.8. The maximum absolute atomic E-state index is 12.1. The van der Waals surface area contributed by atoms with Gasteiger partial charge in [0.05, 0.1) is 15.8 Å². The van der Waals surface area contributed by atoms with Gasteiger partial charge in [0.2, 0.25) is 0 Å². The van der Waals surface area contributed by atoms with Crippen LogP contribution in [0, 0.1) is 13.8 Å². The van der Waals surface area contributed by atoms with Crippen molar-refractivity contribution in [1.29, 1.82) is 0 Å². The molecular formula is C14H19BrO2S. The van der Waals surface area contributed by atoms with Gasteiger partial charge in [-0.3, -0.25) is 0 Å². The summed E-state index contributed by atoms with van der Waals surface area (Å²) in [5, 5.41) is -0.270. The third-order valence-electron chi connectivity index (χ3n) is 3.80. The fourth-order valence-electron chi connectivity index (χ4n) is 2.46. The van der Waals surface area contributed by atoms with Gasteiger partial charge in [-0.15, -0.1) is 0 Å². The lowest BCUT2D eigenvalue weighted by Gasteiger charge is -2.27. The zero-order chi connectivity index (χ0) is 13.3. The smallest absolute Gasteiger partial charge is 0.154 e. The summed E-state index contributed by atoms with van der Waals surface area (Å²) >= 11 is 3.60. The van der Waals surface area contributed by atoms with Gasteiger partial charge in [0, 0.05) is 0 Å². The van der Waals surface area contributed by atoms with E-state index in [0.29, 0.717) is 5.75 Å². The number of aryl methyl sites for hydroxylation is 2. The second-order valence-corrected chi connectivity index (χ2v) is 8.47. The fraction of sp³-hybridized carbons (Fsp3) is 0.571. The van der Waals surface area contributed by atoms with Crippen LogP contribution in [0.2, 0.25) is 0 Å². The van der Waals surface area contributed by atoms with E-state index < -0.39 is 9.84 Å². The minimum absolute atomic E-state index is 0.0814. The molecule has 100 valence electrons. The molecule has 1 heterocycles. The van der Waals surface area contributed by atoms with Crippen molar-refractivity contribution in [2.45, 2.75) is 43.2 Å². The van der Waals surface area contributed by atoms with Gasteiger partial charge in [-0.1, -0.05) is 40.5 Å². The van der Waals surface area contributed by atoms with E-state index in [1.165, 1.54) is 11.1 Å². The molecule has 2 atom stereocenters. The molecule has 0 bridgehead atoms. The van der Waals surface area contributed by atoms with Gasteiger partial charge in [-0.05, 0) is 43.4 Å². The van der Waals surface area contributed by atoms with Crippen LogP contribution >= 0.6 is 15.9 Å². The van der Waals surface area contributed by atoms with E-state index in [1.807, 2.05) is 6.07 Å². The van der Waals surface area contributed by atoms with E-state index in [1.54, 1.807) is 0 Å². The van der Waals surface area contributed by atoms with Crippen LogP contribution in [0.4, 0.5) is 0 Å². The van der Waals surface area contributed by atoms with Crippen LogP contribution in [0.15, 0.2) is 18.2 Å². The molecule has 2 unspecified atom stereocenters. The highest BCUT2D eigenvalue weighted by atomic mass is 79.9. The third kappa shape index (κ3) is 2.80. The first-order valence-corrected chi connectivity index (χ1v) is 8.98. The fourth-order valence-corrected chi connectivity index (χ4v) is 5.95. The average molecular weight is 331 g/mol. The number of benzene rings is 1. The monoisotopic (exact) mass is 330 g/mol. The second-order valence-electron chi connectivity index (χ2n) is 5.15. The Kier molecular flexibility index (Phi) is 4.17. The zero-order valence-corrected chi connectivity index (χ0v) is 13.2. The van der Waals surface area contributed by atoms with Gasteiger partial charge in [0.25, 0.3) is 0 Å². The lowest BCUT2D eigenvalue weighted by Crippen LogP contribution is -2.31. The maximum Gasteiger partial charge on any atom is 0.154 e. The molecule has 0 spiro atoms. The van der Waals surface area contributed by atoms with Gasteiger partial charge < -0.3 is 0 Å². The molecule has 0 aliphatic carbocycles. The highest BCUT2D eigenvalue weighted by Crippen LogP contribution is 2.37. The van der Waals surface area contributed by atoms with Crippen LogP contribution in [-0.2, 0) is 9.84 Å². The normalized spacial score (nSPS) is 24.7. The summed E-state index contributed by atoms with van der Waals surface area (Å²) < 4.78 is 24.2. The van der Waals surface area contributed by atoms with Crippen molar-refractivity contribution in [3.05, 3.63) is 34.9 Å². The maximum atomic E-state index is 12.1. The number of halogens is 1. The van der Waals surface area contributed by atoms with Crippen molar-refractivity contribution in [2.75, 3.05) is 5.75 Å². The minimum atomic E-state index is -2.94. The molecule has 1 aromatic carbocycles. The summed E-state index contributed by atoms with van der Waals surface area (Å²) in [6, 6.07) is 6.19. The molecule has 0 radical (unpaired) electrons. The molecule has 1 fully saturated rings. The summed E-state index contributed by atoms with van der Waals surface area (Å²) in [5.41, 5.74) is 3.53. The van der Waals surface area contributed by atoms with E-state index in [2.05, 4.69) is 41.9 Å². The number of rotatable bonds is 2. The standard InChI is InChI=1S/C14H19BrO2S/c1-10-6-7-12(9-11(10)2)14(15)13-5-3-4-8-18(13,16)17/h6-7,9,13-14H,3-5,8H2,1-2H3. The molecule has 1 aliphatic rings. The quantitative estimate of drug-likeness (QED) is 0.774. The predicted octanol–water partition coefficient (Wildman–Crippen LogP) is 3.71. The van der Waals surface area contributed by atoms with Gasteiger partial charge in [-0.25, -0.2) is 8.42 Å². The number of sulfone groups is 1. The van der Waals surface area contributed by atoms with Gasteiger partial charge in [0.15, 0.2) is 9.84 Å². The highest BCUT2D eigenvalue weighted by molar-refractivity contribution is 9.09. The van der Waals surface area contributed by atoms with E-state index in [-0.39, 0.29) is 10.1 Å². The Balaban J connectivity index is 2.30. The van der Waals surface area contributed by atoms with E-state index in [4.69, 9.17) is 0 Å². The summed E-state index contributed by atoms with van der Waals surface area (Å²) in [5.74, 6) is 0.338. The lowest BCUT2D eigenvalue weighted by atomic mass is 10.0. The summed E-state index contributed by atoms with van der Waals surface area (Å²) in [4.78, 5) is -0.0814. The summed E-state index contributed by atoms with van der Waals surface area (Å²) in [6.07, 6.45) is 2.59. The SMILES string of the molecule is Cc1ccc(C(Br)C2CCCCS2(=O)=O)cc1C. The van der Waals surface area contributed by atoms with Crippen molar-refractivity contribution in [2.24, 2.45) is 0 Å². The first-order valence-electron chi connectivity index (χ1n) is 6.34. The van der Waals surface area contributed by atoms with Crippen LogP contribution in [0.5, 0.6) is 0 Å². The van der Waals surface area contributed by atoms with Crippen LogP contribution in [0.3, 0.4) is 0 Å². The van der Waals surface area contributed by atoms with Gasteiger partial charge >= 0.3 is 0 Å². The molecule has 0 saturated carbocycles. The number of hydrogen-bond donors (Lipinski definition) is 0. The molecule has 2 nitrogen and oxygen atoms in total. The Morgan fingerprint density at radius 2 is 1.94 bits per heavy atom. The lowest BCUT2D eigenvalue weighted by molar-refractivity contribution is 0.537. The predicted molar refractivity (Wildman–Crippen MR) is 79.0 cm³/mol. The van der Waals surface area contributed by atoms with Crippen LogP contribution < -0.4 is 0 Å². The molecule has 0 aromatic heterocycles. The molecule has 4 heteroatoms. The van der Waals surface area contributed by atoms with Crippen molar-refractivity contribution in [3.63, 3.8) is 0 Å². The summed E-state index contributed by atoms with van der Waals surface area (Å²) in [6.45, 7) is 4.13. The molecule has 2 rings (SSSR count). The third-order valence-corrected chi connectivity index (χ3v) is 7.61. The molecule has 18 heavy (non-hydrogen) atoms. The van der Waals surface area contributed by atoms with Crippen LogP contribution in [0.25, 0.3) is 0 Å². The van der Waals surface area contributed by atoms with Crippen molar-refractivity contribution >= 4 is 25.8 Å². The largest absolute Gasteiger partial charge is 0.228 e. The molecule has 1 aliphatic heterocycles. The first kappa shape index (κ1) is 14.1. The topological polar surface area (TPSA) is 34.1 Å². The number of hydrogen-bond acceptors (Lipinski definition) is 2. The highest BCUT2D eigenvalue weighted by Gasteiger charge is 2.35. The van der Waals surface area contributed by atoms with Gasteiger partial charge in [0.1, 0.15) is 0 Å². The van der Waals surface area contributed by atoms with Gasteiger partial charge in [-0.2, -0.15) is 0 Å². The molecule has 1 saturated heterocycles. The molecule has 1 aromatic rings.